The fraction of sp³-hybridized carbons (Fsp3) is 0.263. The second kappa shape index (κ2) is 7.60. The van der Waals surface area contributed by atoms with Gasteiger partial charge in [-0.3, -0.25) is 0 Å². The second-order valence-corrected chi connectivity index (χ2v) is 8.70. The molecule has 1 aromatic heterocycles. The van der Waals surface area contributed by atoms with Crippen molar-refractivity contribution < 1.29 is 26.0 Å². The van der Waals surface area contributed by atoms with Crippen molar-refractivity contribution in [2.75, 3.05) is 13.1 Å². The molecule has 4 rings (SSSR count). The lowest BCUT2D eigenvalue weighted by Gasteiger charge is -2.30. The Bertz CT molecular complexity index is 1110. The summed E-state index contributed by atoms with van der Waals surface area (Å²) in [5, 5.41) is 7.96. The highest BCUT2D eigenvalue weighted by Crippen LogP contribution is 2.31. The second-order valence-electron chi connectivity index (χ2n) is 6.76. The van der Waals surface area contributed by atoms with Crippen molar-refractivity contribution in [3.8, 4) is 11.5 Å². The van der Waals surface area contributed by atoms with Crippen molar-refractivity contribution >= 4 is 10.0 Å². The van der Waals surface area contributed by atoms with Crippen LogP contribution in [0.3, 0.4) is 0 Å². The molecule has 1 fully saturated rings. The first-order chi connectivity index (χ1) is 13.8. The van der Waals surface area contributed by atoms with E-state index in [4.69, 9.17) is 4.42 Å². The smallest absolute Gasteiger partial charge is 0.247 e. The molecule has 0 bridgehead atoms. The number of piperidine rings is 1. The third-order valence-electron chi connectivity index (χ3n) is 4.74. The van der Waals surface area contributed by atoms with Gasteiger partial charge < -0.3 is 4.42 Å². The lowest BCUT2D eigenvalue weighted by atomic mass is 10.00. The molecule has 152 valence electrons. The molecule has 10 heteroatoms. The van der Waals surface area contributed by atoms with Crippen LogP contribution in [-0.2, 0) is 10.0 Å². The van der Waals surface area contributed by atoms with E-state index in [0.29, 0.717) is 24.5 Å². The van der Waals surface area contributed by atoms with E-state index in [-0.39, 0.29) is 30.8 Å². The number of halogens is 3. The minimum absolute atomic E-state index is 0.0471. The maximum absolute atomic E-state index is 13.5. The summed E-state index contributed by atoms with van der Waals surface area (Å²) < 4.78 is 72.5. The Morgan fingerprint density at radius 2 is 1.66 bits per heavy atom. The molecular weight excluding hydrogens is 407 g/mol. The van der Waals surface area contributed by atoms with Crippen molar-refractivity contribution in [1.82, 2.24) is 14.5 Å². The van der Waals surface area contributed by atoms with Gasteiger partial charge in [-0.15, -0.1) is 10.2 Å². The quantitative estimate of drug-likeness (QED) is 0.639. The van der Waals surface area contributed by atoms with E-state index in [1.807, 2.05) is 0 Å². The molecule has 0 aliphatic carbocycles. The summed E-state index contributed by atoms with van der Waals surface area (Å²) in [7, 11) is -4.08. The van der Waals surface area contributed by atoms with Gasteiger partial charge in [0.05, 0.1) is 10.8 Å². The molecule has 0 amide bonds. The number of hydrogen-bond donors (Lipinski definition) is 0. The molecule has 1 saturated heterocycles. The van der Waals surface area contributed by atoms with Gasteiger partial charge in [-0.1, -0.05) is 0 Å². The molecule has 6 nitrogen and oxygen atoms in total. The minimum atomic E-state index is -4.08. The SMILES string of the molecule is O=S(=O)(c1cc(F)cc(F)c1)N1CCCC(c2nnc(-c3ccc(F)cc3)o2)C1. The van der Waals surface area contributed by atoms with Crippen molar-refractivity contribution in [3.05, 3.63) is 65.8 Å². The molecule has 1 aliphatic rings. The first-order valence-electron chi connectivity index (χ1n) is 8.88. The van der Waals surface area contributed by atoms with E-state index in [1.165, 1.54) is 24.3 Å². The Balaban J connectivity index is 1.56. The Morgan fingerprint density at radius 1 is 0.966 bits per heavy atom. The van der Waals surface area contributed by atoms with Crippen molar-refractivity contribution in [3.63, 3.8) is 0 Å². The molecule has 1 atom stereocenters. The minimum Gasteiger partial charge on any atom is -0.420 e. The number of nitrogens with zero attached hydrogens (tertiary/aromatic N) is 3. The van der Waals surface area contributed by atoms with Gasteiger partial charge in [-0.25, -0.2) is 21.6 Å². The first kappa shape index (κ1) is 19.6. The van der Waals surface area contributed by atoms with E-state index in [9.17, 15) is 21.6 Å². The highest BCUT2D eigenvalue weighted by Gasteiger charge is 2.33. The van der Waals surface area contributed by atoms with Crippen LogP contribution in [-0.4, -0.2) is 36.0 Å². The predicted octanol–water partition coefficient (Wildman–Crippen LogP) is 3.72. The highest BCUT2D eigenvalue weighted by atomic mass is 32.2. The lowest BCUT2D eigenvalue weighted by Crippen LogP contribution is -2.39. The zero-order valence-corrected chi connectivity index (χ0v) is 15.9. The van der Waals surface area contributed by atoms with Crippen LogP contribution >= 0.6 is 0 Å². The monoisotopic (exact) mass is 423 g/mol. The van der Waals surface area contributed by atoms with E-state index in [1.54, 1.807) is 0 Å². The first-order valence-corrected chi connectivity index (χ1v) is 10.3. The summed E-state index contributed by atoms with van der Waals surface area (Å²) in [6, 6.07) is 7.75. The van der Waals surface area contributed by atoms with Crippen LogP contribution < -0.4 is 0 Å². The Labute approximate surface area is 165 Å². The largest absolute Gasteiger partial charge is 0.420 e. The van der Waals surface area contributed by atoms with Gasteiger partial charge in [0.1, 0.15) is 17.5 Å². The molecule has 2 aromatic carbocycles. The predicted molar refractivity (Wildman–Crippen MR) is 96.8 cm³/mol. The van der Waals surface area contributed by atoms with Gasteiger partial charge in [-0.2, -0.15) is 4.31 Å². The van der Waals surface area contributed by atoms with Crippen molar-refractivity contribution in [1.29, 1.82) is 0 Å². The number of benzene rings is 2. The fourth-order valence-electron chi connectivity index (χ4n) is 3.30. The van der Waals surface area contributed by atoms with E-state index < -0.39 is 32.4 Å². The average Bonchev–Trinajstić information content (AvgIpc) is 3.18. The van der Waals surface area contributed by atoms with Crippen molar-refractivity contribution in [2.45, 2.75) is 23.7 Å². The molecule has 0 N–H and O–H groups in total. The molecule has 2 heterocycles. The number of sulfonamides is 1. The lowest BCUT2D eigenvalue weighted by molar-refractivity contribution is 0.286. The van der Waals surface area contributed by atoms with Gasteiger partial charge in [0, 0.05) is 24.7 Å². The normalized spacial score (nSPS) is 18.1. The average molecular weight is 423 g/mol. The van der Waals surface area contributed by atoms with Gasteiger partial charge >= 0.3 is 0 Å². The summed E-state index contributed by atoms with van der Waals surface area (Å²) in [6.45, 7) is 0.265. The molecule has 29 heavy (non-hydrogen) atoms. The molecule has 0 radical (unpaired) electrons. The Hall–Kier alpha value is -2.72. The third-order valence-corrected chi connectivity index (χ3v) is 6.58. The van der Waals surface area contributed by atoms with Crippen LogP contribution in [0.1, 0.15) is 24.7 Å². The zero-order chi connectivity index (χ0) is 20.6. The van der Waals surface area contributed by atoms with Crippen LogP contribution in [0.25, 0.3) is 11.5 Å². The summed E-state index contributed by atoms with van der Waals surface area (Å²) in [6.07, 6.45) is 1.14. The number of hydrogen-bond acceptors (Lipinski definition) is 5. The van der Waals surface area contributed by atoms with Crippen LogP contribution in [0, 0.1) is 17.5 Å². The molecular formula is C19H16F3N3O3S. The van der Waals surface area contributed by atoms with Crippen molar-refractivity contribution in [2.24, 2.45) is 0 Å². The molecule has 0 saturated carbocycles. The molecule has 1 aliphatic heterocycles. The summed E-state index contributed by atoms with van der Waals surface area (Å²) >= 11 is 0. The van der Waals surface area contributed by atoms with Gasteiger partial charge in [0.2, 0.25) is 21.8 Å². The Kier molecular flexibility index (Phi) is 5.13. The van der Waals surface area contributed by atoms with Gasteiger partial charge in [0.25, 0.3) is 0 Å². The van der Waals surface area contributed by atoms with Gasteiger partial charge in [0.15, 0.2) is 0 Å². The highest BCUT2D eigenvalue weighted by molar-refractivity contribution is 7.89. The summed E-state index contributed by atoms with van der Waals surface area (Å²) in [4.78, 5) is -0.437. The van der Waals surface area contributed by atoms with E-state index >= 15 is 0 Å². The van der Waals surface area contributed by atoms with Crippen LogP contribution in [0.15, 0.2) is 51.8 Å². The maximum Gasteiger partial charge on any atom is 0.247 e. The Morgan fingerprint density at radius 3 is 2.34 bits per heavy atom. The van der Waals surface area contributed by atoms with Crippen LogP contribution in [0.2, 0.25) is 0 Å². The van der Waals surface area contributed by atoms with Crippen LogP contribution in [0.5, 0.6) is 0 Å². The van der Waals surface area contributed by atoms with E-state index in [2.05, 4.69) is 10.2 Å². The maximum atomic E-state index is 13.5. The standard InChI is InChI=1S/C19H16F3N3O3S/c20-14-5-3-12(4-6-14)18-23-24-19(28-18)13-2-1-7-25(11-13)29(26,27)17-9-15(21)8-16(22)10-17/h3-6,8-10,13H,1-2,7,11H2. The topological polar surface area (TPSA) is 76.3 Å². The molecule has 0 spiro atoms. The zero-order valence-electron chi connectivity index (χ0n) is 15.1. The van der Waals surface area contributed by atoms with E-state index in [0.717, 1.165) is 16.4 Å². The van der Waals surface area contributed by atoms with Gasteiger partial charge in [-0.05, 0) is 49.2 Å². The third kappa shape index (κ3) is 4.03. The summed E-state index contributed by atoms with van der Waals surface area (Å²) in [5.74, 6) is -2.22. The number of rotatable bonds is 4. The molecule has 1 unspecified atom stereocenters. The number of aromatic nitrogens is 2. The fourth-order valence-corrected chi connectivity index (χ4v) is 4.86. The molecule has 3 aromatic rings. The van der Waals surface area contributed by atoms with Crippen LogP contribution in [0.4, 0.5) is 13.2 Å². The summed E-state index contributed by atoms with van der Waals surface area (Å²) in [5.41, 5.74) is 0.542.